The first-order valence-electron chi connectivity index (χ1n) is 5.85. The molecule has 112 valence electrons. The van der Waals surface area contributed by atoms with Crippen molar-refractivity contribution in [3.63, 3.8) is 0 Å². The Labute approximate surface area is 139 Å². The lowest BCUT2D eigenvalue weighted by atomic mass is 10.1. The van der Waals surface area contributed by atoms with Crippen LogP contribution in [0.1, 0.15) is 20.8 Å². The number of hydrogen-bond acceptors (Lipinski definition) is 4. The predicted octanol–water partition coefficient (Wildman–Crippen LogP) is 3.68. The number of aryl methyl sites for hydroxylation is 1. The van der Waals surface area contributed by atoms with Gasteiger partial charge in [-0.15, -0.1) is 11.3 Å². The van der Waals surface area contributed by atoms with Crippen LogP contribution >= 0.6 is 37.9 Å². The topological polar surface area (TPSA) is 63.2 Å². The first kappa shape index (κ1) is 16.5. The second-order valence-electron chi connectivity index (χ2n) is 4.32. The largest absolute Gasteiger partial charge is 0.347 e. The molecule has 0 radical (unpaired) electrons. The third-order valence-electron chi connectivity index (χ3n) is 2.67. The van der Waals surface area contributed by atoms with E-state index in [0.717, 1.165) is 21.4 Å². The number of carbonyl (C=O) groups is 1. The van der Waals surface area contributed by atoms with Crippen molar-refractivity contribution in [2.75, 3.05) is 0 Å². The average molecular weight is 409 g/mol. The summed E-state index contributed by atoms with van der Waals surface area (Å²) in [5.41, 5.74) is 1.58. The summed E-state index contributed by atoms with van der Waals surface area (Å²) in [6.45, 7) is 2.18. The molecule has 0 aliphatic heterocycles. The van der Waals surface area contributed by atoms with E-state index < -0.39 is 9.05 Å². The van der Waals surface area contributed by atoms with Crippen LogP contribution in [0.3, 0.4) is 0 Å². The Morgan fingerprint density at radius 1 is 1.33 bits per heavy atom. The van der Waals surface area contributed by atoms with Crippen LogP contribution in [0, 0.1) is 6.92 Å². The SMILES string of the molecule is Cc1ccc(C(=O)NCc2ccc(S(=O)(=O)Cl)s2)c(Br)c1. The quantitative estimate of drug-likeness (QED) is 0.785. The van der Waals surface area contributed by atoms with Gasteiger partial charge in [-0.1, -0.05) is 6.07 Å². The van der Waals surface area contributed by atoms with E-state index in [1.165, 1.54) is 6.07 Å². The molecule has 0 fully saturated rings. The molecule has 0 spiro atoms. The van der Waals surface area contributed by atoms with Crippen molar-refractivity contribution in [1.82, 2.24) is 5.32 Å². The zero-order chi connectivity index (χ0) is 15.6. The van der Waals surface area contributed by atoms with E-state index in [1.54, 1.807) is 12.1 Å². The molecule has 1 aromatic carbocycles. The zero-order valence-electron chi connectivity index (χ0n) is 10.9. The Morgan fingerprint density at radius 3 is 2.62 bits per heavy atom. The number of amides is 1. The number of halogens is 2. The van der Waals surface area contributed by atoms with Crippen LogP contribution in [0.15, 0.2) is 39.0 Å². The van der Waals surface area contributed by atoms with Gasteiger partial charge < -0.3 is 5.32 Å². The van der Waals surface area contributed by atoms with Crippen molar-refractivity contribution in [3.8, 4) is 0 Å². The minimum atomic E-state index is -3.71. The monoisotopic (exact) mass is 407 g/mol. The summed E-state index contributed by atoms with van der Waals surface area (Å²) in [5, 5.41) is 2.74. The molecule has 1 N–H and O–H groups in total. The fourth-order valence-corrected chi connectivity index (χ4v) is 4.39. The van der Waals surface area contributed by atoms with E-state index in [2.05, 4.69) is 21.2 Å². The highest BCUT2D eigenvalue weighted by Gasteiger charge is 2.14. The van der Waals surface area contributed by atoms with Gasteiger partial charge in [0.05, 0.1) is 12.1 Å². The van der Waals surface area contributed by atoms with Crippen LogP contribution in [0.2, 0.25) is 0 Å². The molecular formula is C13H11BrClNO3S2. The number of thiophene rings is 1. The maximum Gasteiger partial charge on any atom is 0.270 e. The lowest BCUT2D eigenvalue weighted by molar-refractivity contribution is 0.0950. The molecule has 1 amide bonds. The van der Waals surface area contributed by atoms with Crippen LogP contribution in [0.5, 0.6) is 0 Å². The standard InChI is InChI=1S/C13H11BrClNO3S2/c1-8-2-4-10(11(14)6-8)13(17)16-7-9-3-5-12(20-9)21(15,18)19/h2-6H,7H2,1H3,(H,16,17). The molecule has 0 bridgehead atoms. The highest BCUT2D eigenvalue weighted by atomic mass is 79.9. The van der Waals surface area contributed by atoms with Crippen LogP contribution in [-0.4, -0.2) is 14.3 Å². The number of rotatable bonds is 4. The van der Waals surface area contributed by atoms with Crippen molar-refractivity contribution >= 4 is 52.9 Å². The van der Waals surface area contributed by atoms with Gasteiger partial charge in [0.15, 0.2) is 0 Å². The van der Waals surface area contributed by atoms with Crippen molar-refractivity contribution in [2.24, 2.45) is 0 Å². The van der Waals surface area contributed by atoms with Gasteiger partial charge in [0.25, 0.3) is 15.0 Å². The first-order chi connectivity index (χ1) is 9.77. The summed E-state index contributed by atoms with van der Waals surface area (Å²) in [4.78, 5) is 12.8. The minimum Gasteiger partial charge on any atom is -0.347 e. The maximum atomic E-state index is 12.1. The fourth-order valence-electron chi connectivity index (χ4n) is 1.65. The van der Waals surface area contributed by atoms with E-state index in [1.807, 2.05) is 19.1 Å². The number of benzene rings is 1. The van der Waals surface area contributed by atoms with Gasteiger partial charge in [-0.25, -0.2) is 8.42 Å². The summed E-state index contributed by atoms with van der Waals surface area (Å²) in [7, 11) is 1.54. The lowest BCUT2D eigenvalue weighted by Crippen LogP contribution is -2.22. The lowest BCUT2D eigenvalue weighted by Gasteiger charge is -2.06. The molecule has 4 nitrogen and oxygen atoms in total. The Morgan fingerprint density at radius 2 is 2.05 bits per heavy atom. The Balaban J connectivity index is 2.06. The summed E-state index contributed by atoms with van der Waals surface area (Å²) in [6, 6.07) is 8.50. The maximum absolute atomic E-state index is 12.1. The molecule has 8 heteroatoms. The highest BCUT2D eigenvalue weighted by Crippen LogP contribution is 2.25. The molecule has 0 aliphatic carbocycles. The van der Waals surface area contributed by atoms with Crippen molar-refractivity contribution < 1.29 is 13.2 Å². The van der Waals surface area contributed by atoms with Crippen LogP contribution in [0.25, 0.3) is 0 Å². The van der Waals surface area contributed by atoms with E-state index in [9.17, 15) is 13.2 Å². The molecule has 0 unspecified atom stereocenters. The Hall–Kier alpha value is -0.890. The summed E-state index contributed by atoms with van der Waals surface area (Å²) in [5.74, 6) is -0.231. The van der Waals surface area contributed by atoms with E-state index >= 15 is 0 Å². The van der Waals surface area contributed by atoms with E-state index in [-0.39, 0.29) is 16.7 Å². The Bertz CT molecular complexity index is 786. The fraction of sp³-hybridized carbons (Fsp3) is 0.154. The van der Waals surface area contributed by atoms with Gasteiger partial charge in [-0.05, 0) is 52.7 Å². The minimum absolute atomic E-state index is 0.0740. The molecule has 0 atom stereocenters. The molecule has 2 aromatic rings. The average Bonchev–Trinajstić information content (AvgIpc) is 2.84. The number of nitrogens with one attached hydrogen (secondary N) is 1. The van der Waals surface area contributed by atoms with Gasteiger partial charge in [-0.3, -0.25) is 4.79 Å². The second kappa shape index (κ2) is 6.48. The molecule has 2 rings (SSSR count). The molecule has 0 saturated heterocycles. The van der Waals surface area contributed by atoms with Gasteiger partial charge in [-0.2, -0.15) is 0 Å². The summed E-state index contributed by atoms with van der Waals surface area (Å²) >= 11 is 4.39. The summed E-state index contributed by atoms with van der Waals surface area (Å²) < 4.78 is 23.1. The van der Waals surface area contributed by atoms with Gasteiger partial charge in [0, 0.05) is 20.0 Å². The molecule has 0 aliphatic rings. The second-order valence-corrected chi connectivity index (χ2v) is 9.14. The van der Waals surface area contributed by atoms with Crippen molar-refractivity contribution in [3.05, 3.63) is 50.8 Å². The van der Waals surface area contributed by atoms with Crippen molar-refractivity contribution in [2.45, 2.75) is 17.7 Å². The van der Waals surface area contributed by atoms with Gasteiger partial charge in [0.2, 0.25) is 0 Å². The van der Waals surface area contributed by atoms with Crippen LogP contribution in [-0.2, 0) is 15.6 Å². The number of carbonyl (C=O) groups excluding carboxylic acids is 1. The van der Waals surface area contributed by atoms with Crippen molar-refractivity contribution in [1.29, 1.82) is 0 Å². The summed E-state index contributed by atoms with van der Waals surface area (Å²) in [6.07, 6.45) is 0. The Kier molecular flexibility index (Phi) is 5.08. The van der Waals surface area contributed by atoms with Gasteiger partial charge >= 0.3 is 0 Å². The van der Waals surface area contributed by atoms with Crippen LogP contribution in [0.4, 0.5) is 0 Å². The van der Waals surface area contributed by atoms with Gasteiger partial charge in [0.1, 0.15) is 4.21 Å². The molecule has 0 saturated carbocycles. The molecule has 1 heterocycles. The third kappa shape index (κ3) is 4.29. The predicted molar refractivity (Wildman–Crippen MR) is 87.4 cm³/mol. The van der Waals surface area contributed by atoms with E-state index in [0.29, 0.717) is 10.4 Å². The number of hydrogen-bond donors (Lipinski definition) is 1. The van der Waals surface area contributed by atoms with Crippen LogP contribution < -0.4 is 5.32 Å². The highest BCUT2D eigenvalue weighted by molar-refractivity contribution is 9.10. The van der Waals surface area contributed by atoms with E-state index in [4.69, 9.17) is 10.7 Å². The zero-order valence-corrected chi connectivity index (χ0v) is 14.9. The molecule has 1 aromatic heterocycles. The first-order valence-corrected chi connectivity index (χ1v) is 9.77. The molecule has 21 heavy (non-hydrogen) atoms. The normalized spacial score (nSPS) is 11.4. The molecular weight excluding hydrogens is 398 g/mol. The smallest absolute Gasteiger partial charge is 0.270 e. The third-order valence-corrected chi connectivity index (χ3v) is 6.50.